The zero-order chi connectivity index (χ0) is 13.7. The summed E-state index contributed by atoms with van der Waals surface area (Å²) >= 11 is 0. The van der Waals surface area contributed by atoms with Gasteiger partial charge in [-0.25, -0.2) is 5.01 Å². The van der Waals surface area contributed by atoms with Crippen molar-refractivity contribution in [3.05, 3.63) is 29.8 Å². The largest absolute Gasteiger partial charge is 0.493 e. The highest BCUT2D eigenvalue weighted by atomic mass is 16.5. The van der Waals surface area contributed by atoms with Gasteiger partial charge in [-0.1, -0.05) is 12.1 Å². The molecule has 0 saturated carbocycles. The van der Waals surface area contributed by atoms with Crippen LogP contribution in [-0.2, 0) is 0 Å². The topological polar surface area (TPSA) is 44.8 Å². The molecule has 1 fully saturated rings. The predicted octanol–water partition coefficient (Wildman–Crippen LogP) is 0.977. The van der Waals surface area contributed by atoms with Crippen molar-refractivity contribution in [2.24, 2.45) is 0 Å². The summed E-state index contributed by atoms with van der Waals surface area (Å²) in [6, 6.07) is 7.33. The maximum atomic E-state index is 12.2. The van der Waals surface area contributed by atoms with Gasteiger partial charge in [-0.2, -0.15) is 0 Å². The first kappa shape index (κ1) is 13.8. The van der Waals surface area contributed by atoms with Gasteiger partial charge in [-0.3, -0.25) is 10.2 Å². The van der Waals surface area contributed by atoms with Crippen molar-refractivity contribution in [2.75, 3.05) is 39.8 Å². The molecule has 1 heterocycles. The van der Waals surface area contributed by atoms with Gasteiger partial charge in [0.25, 0.3) is 5.91 Å². The molecule has 0 spiro atoms. The number of nitrogens with one attached hydrogen (secondary N) is 1. The Labute approximate surface area is 114 Å². The molecule has 1 aliphatic rings. The lowest BCUT2D eigenvalue weighted by Crippen LogP contribution is -2.52. The molecule has 0 radical (unpaired) electrons. The zero-order valence-electron chi connectivity index (χ0n) is 11.6. The SMILES string of the molecule is CCOc1ccccc1C(=O)NN1CCN(C)CC1. The number of piperazine rings is 1. The molecule has 1 aromatic carbocycles. The summed E-state index contributed by atoms with van der Waals surface area (Å²) in [5, 5.41) is 1.96. The standard InChI is InChI=1S/C14H21N3O2/c1-3-19-13-7-5-4-6-12(13)14(18)15-17-10-8-16(2)9-11-17/h4-7H,3,8-11H2,1-2H3,(H,15,18). The molecule has 19 heavy (non-hydrogen) atoms. The highest BCUT2D eigenvalue weighted by Gasteiger charge is 2.18. The smallest absolute Gasteiger partial charge is 0.269 e. The normalized spacial score (nSPS) is 17.2. The van der Waals surface area contributed by atoms with Crippen LogP contribution < -0.4 is 10.2 Å². The van der Waals surface area contributed by atoms with Crippen LogP contribution in [0.5, 0.6) is 5.75 Å². The number of carbonyl (C=O) groups is 1. The Bertz CT molecular complexity index is 428. The molecule has 1 aliphatic heterocycles. The van der Waals surface area contributed by atoms with Crippen LogP contribution in [0.1, 0.15) is 17.3 Å². The zero-order valence-corrected chi connectivity index (χ0v) is 11.6. The number of amides is 1. The highest BCUT2D eigenvalue weighted by molar-refractivity contribution is 5.96. The summed E-state index contributed by atoms with van der Waals surface area (Å²) in [5.41, 5.74) is 3.53. The van der Waals surface area contributed by atoms with E-state index in [1.807, 2.05) is 30.1 Å². The Kier molecular flexibility index (Phi) is 4.76. The van der Waals surface area contributed by atoms with Crippen LogP contribution in [0.25, 0.3) is 0 Å². The fraction of sp³-hybridized carbons (Fsp3) is 0.500. The van der Waals surface area contributed by atoms with E-state index < -0.39 is 0 Å². The number of hydrazine groups is 1. The summed E-state index contributed by atoms with van der Waals surface area (Å²) in [4.78, 5) is 14.5. The summed E-state index contributed by atoms with van der Waals surface area (Å²) in [5.74, 6) is 0.533. The number of ether oxygens (including phenoxy) is 1. The van der Waals surface area contributed by atoms with Crippen LogP contribution in [0.15, 0.2) is 24.3 Å². The fourth-order valence-electron chi connectivity index (χ4n) is 2.06. The van der Waals surface area contributed by atoms with Crippen LogP contribution in [0.4, 0.5) is 0 Å². The lowest BCUT2D eigenvalue weighted by atomic mass is 10.2. The second-order valence-corrected chi connectivity index (χ2v) is 4.66. The van der Waals surface area contributed by atoms with Crippen molar-refractivity contribution in [3.63, 3.8) is 0 Å². The van der Waals surface area contributed by atoms with E-state index in [2.05, 4.69) is 17.4 Å². The highest BCUT2D eigenvalue weighted by Crippen LogP contribution is 2.17. The maximum absolute atomic E-state index is 12.2. The van der Waals surface area contributed by atoms with E-state index in [-0.39, 0.29) is 5.91 Å². The minimum Gasteiger partial charge on any atom is -0.493 e. The fourth-order valence-corrected chi connectivity index (χ4v) is 2.06. The van der Waals surface area contributed by atoms with Crippen LogP contribution in [-0.4, -0.2) is 55.6 Å². The first-order chi connectivity index (χ1) is 9.20. The number of rotatable bonds is 4. The van der Waals surface area contributed by atoms with Gasteiger partial charge in [-0.05, 0) is 26.1 Å². The first-order valence-corrected chi connectivity index (χ1v) is 6.67. The van der Waals surface area contributed by atoms with E-state index in [0.29, 0.717) is 17.9 Å². The molecule has 0 aliphatic carbocycles. The van der Waals surface area contributed by atoms with Crippen LogP contribution in [0.3, 0.4) is 0 Å². The lowest BCUT2D eigenvalue weighted by molar-refractivity contribution is 0.0659. The predicted molar refractivity (Wildman–Crippen MR) is 74.1 cm³/mol. The van der Waals surface area contributed by atoms with Crippen LogP contribution >= 0.6 is 0 Å². The van der Waals surface area contributed by atoms with E-state index in [4.69, 9.17) is 4.74 Å². The quantitative estimate of drug-likeness (QED) is 0.879. The van der Waals surface area contributed by atoms with E-state index in [9.17, 15) is 4.79 Å². The molecule has 0 unspecified atom stereocenters. The molecule has 1 saturated heterocycles. The molecular weight excluding hydrogens is 242 g/mol. The Hall–Kier alpha value is -1.59. The number of nitrogens with zero attached hydrogens (tertiary/aromatic N) is 2. The van der Waals surface area contributed by atoms with Crippen molar-refractivity contribution in [2.45, 2.75) is 6.92 Å². The minimum atomic E-state index is -0.103. The number of para-hydroxylation sites is 1. The third kappa shape index (κ3) is 3.68. The monoisotopic (exact) mass is 263 g/mol. The second kappa shape index (κ2) is 6.54. The van der Waals surface area contributed by atoms with Gasteiger partial charge in [0.1, 0.15) is 5.75 Å². The maximum Gasteiger partial charge on any atom is 0.269 e. The van der Waals surface area contributed by atoms with Gasteiger partial charge in [0.2, 0.25) is 0 Å². The molecule has 0 bridgehead atoms. The third-order valence-electron chi connectivity index (χ3n) is 3.19. The second-order valence-electron chi connectivity index (χ2n) is 4.66. The van der Waals surface area contributed by atoms with Crippen molar-refractivity contribution in [1.29, 1.82) is 0 Å². The molecule has 104 valence electrons. The molecule has 1 amide bonds. The van der Waals surface area contributed by atoms with Gasteiger partial charge in [0, 0.05) is 26.2 Å². The first-order valence-electron chi connectivity index (χ1n) is 6.67. The molecule has 5 heteroatoms. The van der Waals surface area contributed by atoms with E-state index in [0.717, 1.165) is 26.2 Å². The van der Waals surface area contributed by atoms with Gasteiger partial charge in [-0.15, -0.1) is 0 Å². The molecule has 2 rings (SSSR count). The summed E-state index contributed by atoms with van der Waals surface area (Å²) < 4.78 is 5.48. The minimum absolute atomic E-state index is 0.103. The van der Waals surface area contributed by atoms with Crippen molar-refractivity contribution in [1.82, 2.24) is 15.3 Å². The molecule has 1 aromatic rings. The number of carbonyl (C=O) groups excluding carboxylic acids is 1. The molecule has 5 nitrogen and oxygen atoms in total. The van der Waals surface area contributed by atoms with Crippen LogP contribution in [0, 0.1) is 0 Å². The van der Waals surface area contributed by atoms with E-state index in [1.165, 1.54) is 0 Å². The van der Waals surface area contributed by atoms with Crippen molar-refractivity contribution in [3.8, 4) is 5.75 Å². The Morgan fingerprint density at radius 1 is 1.26 bits per heavy atom. The summed E-state index contributed by atoms with van der Waals surface area (Å²) in [6.45, 7) is 6.09. The van der Waals surface area contributed by atoms with Gasteiger partial charge in [0.15, 0.2) is 0 Å². The Morgan fingerprint density at radius 3 is 2.63 bits per heavy atom. The van der Waals surface area contributed by atoms with Gasteiger partial charge < -0.3 is 9.64 Å². The average molecular weight is 263 g/mol. The third-order valence-corrected chi connectivity index (χ3v) is 3.19. The average Bonchev–Trinajstić information content (AvgIpc) is 2.42. The van der Waals surface area contributed by atoms with Crippen molar-refractivity contribution >= 4 is 5.91 Å². The lowest BCUT2D eigenvalue weighted by Gasteiger charge is -2.32. The van der Waals surface area contributed by atoms with E-state index in [1.54, 1.807) is 6.07 Å². The molecule has 1 N–H and O–H groups in total. The number of hydrogen-bond acceptors (Lipinski definition) is 4. The van der Waals surface area contributed by atoms with Gasteiger partial charge in [0.05, 0.1) is 12.2 Å². The number of likely N-dealkylation sites (N-methyl/N-ethyl adjacent to an activating group) is 1. The van der Waals surface area contributed by atoms with Crippen molar-refractivity contribution < 1.29 is 9.53 Å². The molecule has 0 atom stereocenters. The Balaban J connectivity index is 1.99. The van der Waals surface area contributed by atoms with Gasteiger partial charge >= 0.3 is 0 Å². The Morgan fingerprint density at radius 2 is 1.95 bits per heavy atom. The van der Waals surface area contributed by atoms with Crippen LogP contribution in [0.2, 0.25) is 0 Å². The number of hydrogen-bond donors (Lipinski definition) is 1. The summed E-state index contributed by atoms with van der Waals surface area (Å²) in [6.07, 6.45) is 0. The molecule has 0 aromatic heterocycles. The molecular formula is C14H21N3O2. The summed E-state index contributed by atoms with van der Waals surface area (Å²) in [7, 11) is 2.09. The van der Waals surface area contributed by atoms with E-state index >= 15 is 0 Å². The number of benzene rings is 1.